The maximum absolute atomic E-state index is 14.1. The van der Waals surface area contributed by atoms with Crippen LogP contribution in [0.5, 0.6) is 0 Å². The predicted molar refractivity (Wildman–Crippen MR) is 101 cm³/mol. The molecule has 2 N–H and O–H groups in total. The summed E-state index contributed by atoms with van der Waals surface area (Å²) in [6.07, 6.45) is 1.96. The third-order valence-corrected chi connectivity index (χ3v) is 4.74. The summed E-state index contributed by atoms with van der Waals surface area (Å²) in [5.74, 6) is -0.674. The zero-order chi connectivity index (χ0) is 19.2. The van der Waals surface area contributed by atoms with E-state index >= 15 is 0 Å². The van der Waals surface area contributed by atoms with E-state index in [9.17, 15) is 14.0 Å². The molecule has 3 amide bonds. The topological polar surface area (TPSA) is 61.4 Å². The number of imide groups is 1. The van der Waals surface area contributed by atoms with E-state index in [2.05, 4.69) is 10.6 Å². The monoisotopic (exact) mass is 369 g/mol. The van der Waals surface area contributed by atoms with Crippen LogP contribution in [-0.4, -0.2) is 29.4 Å². The van der Waals surface area contributed by atoms with Crippen molar-refractivity contribution in [2.75, 3.05) is 6.54 Å². The lowest BCUT2D eigenvalue weighted by atomic mass is 10.1. The molecule has 1 atom stereocenters. The zero-order valence-corrected chi connectivity index (χ0v) is 15.3. The standard InChI is InChI=1S/C21H24FN3O2/c1-15(18-9-5-6-10-19(18)22)25(17-11-12-17)14-20(26)24-21(27)23-13-16-7-3-2-4-8-16/h2-10,15,17H,11-14H2,1H3,(H2,23,24,26,27). The van der Waals surface area contributed by atoms with Crippen molar-refractivity contribution in [3.8, 4) is 0 Å². The van der Waals surface area contributed by atoms with Crippen molar-refractivity contribution < 1.29 is 14.0 Å². The van der Waals surface area contributed by atoms with E-state index in [1.54, 1.807) is 18.2 Å². The minimum absolute atomic E-state index is 0.0545. The fourth-order valence-corrected chi connectivity index (χ4v) is 3.14. The smallest absolute Gasteiger partial charge is 0.321 e. The third-order valence-electron chi connectivity index (χ3n) is 4.74. The Labute approximate surface area is 158 Å². The number of benzene rings is 2. The summed E-state index contributed by atoms with van der Waals surface area (Å²) >= 11 is 0. The number of rotatable bonds is 7. The van der Waals surface area contributed by atoms with Crippen LogP contribution in [0.4, 0.5) is 9.18 Å². The summed E-state index contributed by atoms with van der Waals surface area (Å²) in [4.78, 5) is 26.2. The van der Waals surface area contributed by atoms with Gasteiger partial charge in [0.1, 0.15) is 5.82 Å². The number of hydrogen-bond acceptors (Lipinski definition) is 3. The lowest BCUT2D eigenvalue weighted by molar-refractivity contribution is -0.121. The Hall–Kier alpha value is -2.73. The van der Waals surface area contributed by atoms with Crippen molar-refractivity contribution in [1.29, 1.82) is 0 Å². The summed E-state index contributed by atoms with van der Waals surface area (Å²) < 4.78 is 14.1. The van der Waals surface area contributed by atoms with Crippen LogP contribution >= 0.6 is 0 Å². The molecule has 5 nitrogen and oxygen atoms in total. The van der Waals surface area contributed by atoms with E-state index in [0.29, 0.717) is 12.1 Å². The Kier molecular flexibility index (Phi) is 6.19. The van der Waals surface area contributed by atoms with Crippen LogP contribution < -0.4 is 10.6 Å². The second-order valence-electron chi connectivity index (χ2n) is 6.82. The maximum atomic E-state index is 14.1. The van der Waals surface area contributed by atoms with Crippen molar-refractivity contribution in [2.24, 2.45) is 0 Å². The Bertz CT molecular complexity index is 793. The highest BCUT2D eigenvalue weighted by Crippen LogP contribution is 2.34. The van der Waals surface area contributed by atoms with Gasteiger partial charge in [-0.1, -0.05) is 48.5 Å². The third kappa shape index (κ3) is 5.37. The maximum Gasteiger partial charge on any atom is 0.321 e. The first-order valence-corrected chi connectivity index (χ1v) is 9.16. The van der Waals surface area contributed by atoms with E-state index in [1.807, 2.05) is 42.2 Å². The molecule has 1 fully saturated rings. The van der Waals surface area contributed by atoms with Crippen LogP contribution in [0.25, 0.3) is 0 Å². The minimum Gasteiger partial charge on any atom is -0.334 e. The van der Waals surface area contributed by atoms with Gasteiger partial charge in [0.2, 0.25) is 5.91 Å². The molecule has 0 bridgehead atoms. The molecule has 0 heterocycles. The van der Waals surface area contributed by atoms with Crippen LogP contribution in [0.2, 0.25) is 0 Å². The van der Waals surface area contributed by atoms with E-state index in [0.717, 1.165) is 18.4 Å². The normalized spacial score (nSPS) is 14.6. The average Bonchev–Trinajstić information content (AvgIpc) is 3.50. The minimum atomic E-state index is -0.529. The molecule has 142 valence electrons. The highest BCUT2D eigenvalue weighted by atomic mass is 19.1. The number of nitrogens with zero attached hydrogens (tertiary/aromatic N) is 1. The fraction of sp³-hybridized carbons (Fsp3) is 0.333. The SMILES string of the molecule is CC(c1ccccc1F)N(CC(=O)NC(=O)NCc1ccccc1)C1CC1. The molecule has 2 aromatic rings. The zero-order valence-electron chi connectivity index (χ0n) is 15.3. The predicted octanol–water partition coefficient (Wildman–Crippen LogP) is 3.38. The van der Waals surface area contributed by atoms with E-state index in [4.69, 9.17) is 0 Å². The molecule has 2 aromatic carbocycles. The van der Waals surface area contributed by atoms with Crippen molar-refractivity contribution in [1.82, 2.24) is 15.5 Å². The second kappa shape index (κ2) is 8.77. The summed E-state index contributed by atoms with van der Waals surface area (Å²) in [7, 11) is 0. The second-order valence-corrected chi connectivity index (χ2v) is 6.82. The van der Waals surface area contributed by atoms with Gasteiger partial charge in [0.25, 0.3) is 0 Å². The average molecular weight is 369 g/mol. The molecule has 6 heteroatoms. The van der Waals surface area contributed by atoms with Gasteiger partial charge in [0, 0.05) is 24.2 Å². The van der Waals surface area contributed by atoms with Gasteiger partial charge in [0.15, 0.2) is 0 Å². The molecule has 0 radical (unpaired) electrons. The van der Waals surface area contributed by atoms with Crippen molar-refractivity contribution in [2.45, 2.75) is 38.4 Å². The summed E-state index contributed by atoms with van der Waals surface area (Å²) in [6, 6.07) is 15.5. The Balaban J connectivity index is 1.54. The Morgan fingerprint density at radius 1 is 1.11 bits per heavy atom. The largest absolute Gasteiger partial charge is 0.334 e. The lowest BCUT2D eigenvalue weighted by Gasteiger charge is -2.29. The van der Waals surface area contributed by atoms with Gasteiger partial charge in [-0.2, -0.15) is 0 Å². The Morgan fingerprint density at radius 2 is 1.78 bits per heavy atom. The van der Waals surface area contributed by atoms with E-state index in [1.165, 1.54) is 6.07 Å². The van der Waals surface area contributed by atoms with Gasteiger partial charge in [0.05, 0.1) is 6.54 Å². The van der Waals surface area contributed by atoms with E-state index < -0.39 is 11.9 Å². The molecular weight excluding hydrogens is 345 g/mol. The molecule has 1 saturated carbocycles. The van der Waals surface area contributed by atoms with Crippen LogP contribution in [0.1, 0.15) is 36.9 Å². The number of amides is 3. The van der Waals surface area contributed by atoms with Crippen LogP contribution in [0.3, 0.4) is 0 Å². The van der Waals surface area contributed by atoms with Gasteiger partial charge in [-0.15, -0.1) is 0 Å². The van der Waals surface area contributed by atoms with Crippen molar-refractivity contribution in [3.63, 3.8) is 0 Å². The first-order valence-electron chi connectivity index (χ1n) is 9.16. The van der Waals surface area contributed by atoms with Gasteiger partial charge >= 0.3 is 6.03 Å². The van der Waals surface area contributed by atoms with E-state index in [-0.39, 0.29) is 24.4 Å². The van der Waals surface area contributed by atoms with Gasteiger partial charge in [-0.05, 0) is 31.4 Å². The molecule has 0 spiro atoms. The van der Waals surface area contributed by atoms with Crippen LogP contribution in [0.15, 0.2) is 54.6 Å². The number of urea groups is 1. The molecule has 3 rings (SSSR count). The lowest BCUT2D eigenvalue weighted by Crippen LogP contribution is -2.45. The molecule has 1 aliphatic carbocycles. The molecule has 1 unspecified atom stereocenters. The number of carbonyl (C=O) groups is 2. The molecule has 1 aliphatic rings. The van der Waals surface area contributed by atoms with Crippen molar-refractivity contribution >= 4 is 11.9 Å². The number of carbonyl (C=O) groups excluding carboxylic acids is 2. The van der Waals surface area contributed by atoms with Gasteiger partial charge < -0.3 is 5.32 Å². The van der Waals surface area contributed by atoms with Crippen molar-refractivity contribution in [3.05, 3.63) is 71.5 Å². The molecule has 0 aliphatic heterocycles. The van der Waals surface area contributed by atoms with Crippen LogP contribution in [-0.2, 0) is 11.3 Å². The molecular formula is C21H24FN3O2. The summed E-state index contributed by atoms with van der Waals surface area (Å²) in [5, 5.41) is 5.03. The van der Waals surface area contributed by atoms with Gasteiger partial charge in [-0.3, -0.25) is 15.0 Å². The van der Waals surface area contributed by atoms with Gasteiger partial charge in [-0.25, -0.2) is 9.18 Å². The first-order chi connectivity index (χ1) is 13.0. The summed E-state index contributed by atoms with van der Waals surface area (Å²) in [6.45, 7) is 2.29. The first kappa shape index (κ1) is 19.0. The number of nitrogens with one attached hydrogen (secondary N) is 2. The summed E-state index contributed by atoms with van der Waals surface area (Å²) in [5.41, 5.74) is 1.51. The number of halogens is 1. The fourth-order valence-electron chi connectivity index (χ4n) is 3.14. The highest BCUT2D eigenvalue weighted by Gasteiger charge is 2.35. The quantitative estimate of drug-likeness (QED) is 0.787. The number of hydrogen-bond donors (Lipinski definition) is 2. The Morgan fingerprint density at radius 3 is 2.44 bits per heavy atom. The highest BCUT2D eigenvalue weighted by molar-refractivity contribution is 5.95. The van der Waals surface area contributed by atoms with Crippen LogP contribution in [0, 0.1) is 5.82 Å². The molecule has 0 aromatic heterocycles. The molecule has 27 heavy (non-hydrogen) atoms. The molecule has 0 saturated heterocycles.